The van der Waals surface area contributed by atoms with Gasteiger partial charge in [0.2, 0.25) is 5.43 Å². The molecule has 40 heavy (non-hydrogen) atoms. The van der Waals surface area contributed by atoms with Crippen LogP contribution in [-0.4, -0.2) is 38.5 Å². The highest BCUT2D eigenvalue weighted by Gasteiger charge is 2.28. The van der Waals surface area contributed by atoms with E-state index in [-0.39, 0.29) is 16.6 Å². The maximum atomic E-state index is 13.8. The molecule has 5 aromatic rings. The third-order valence-corrected chi connectivity index (χ3v) is 6.91. The van der Waals surface area contributed by atoms with Crippen molar-refractivity contribution in [2.75, 3.05) is 28.4 Å². The summed E-state index contributed by atoms with van der Waals surface area (Å²) in [5.74, 6) is 0.874. The number of aromatic nitrogens is 1. The second-order valence-corrected chi connectivity index (χ2v) is 9.55. The van der Waals surface area contributed by atoms with E-state index in [0.717, 1.165) is 11.1 Å². The average molecular weight is 544 g/mol. The lowest BCUT2D eigenvalue weighted by Crippen LogP contribution is -2.11. The Morgan fingerprint density at radius 1 is 0.875 bits per heavy atom. The Morgan fingerprint density at radius 2 is 1.60 bits per heavy atom. The summed E-state index contributed by atoms with van der Waals surface area (Å²) in [6.07, 6.45) is 2.02. The highest BCUT2D eigenvalue weighted by Crippen LogP contribution is 2.45. The van der Waals surface area contributed by atoms with Gasteiger partial charge in [0.25, 0.3) is 0 Å². The maximum absolute atomic E-state index is 13.8. The van der Waals surface area contributed by atoms with Gasteiger partial charge >= 0.3 is 5.63 Å². The highest BCUT2D eigenvalue weighted by molar-refractivity contribution is 6.01. The Kier molecular flexibility index (Phi) is 6.89. The van der Waals surface area contributed by atoms with Gasteiger partial charge in [0.05, 0.1) is 50.2 Å². The predicted octanol–water partition coefficient (Wildman–Crippen LogP) is 5.63. The Morgan fingerprint density at radius 3 is 2.25 bits per heavy atom. The molecule has 3 aromatic carbocycles. The van der Waals surface area contributed by atoms with Gasteiger partial charge in [-0.1, -0.05) is 11.6 Å². The number of aromatic amines is 1. The summed E-state index contributed by atoms with van der Waals surface area (Å²) in [7, 11) is 6.04. The first-order valence-corrected chi connectivity index (χ1v) is 12.5. The fourth-order valence-electron chi connectivity index (χ4n) is 5.19. The number of hydrogen-bond acceptors (Lipinski definition) is 8. The van der Waals surface area contributed by atoms with Crippen LogP contribution in [0.5, 0.6) is 28.7 Å². The van der Waals surface area contributed by atoms with Crippen LogP contribution in [0.3, 0.4) is 0 Å². The molecular weight excluding hydrogens is 514 g/mol. The minimum atomic E-state index is -0.515. The first-order chi connectivity index (χ1) is 19.2. The second kappa shape index (κ2) is 10.3. The van der Waals surface area contributed by atoms with Crippen LogP contribution in [0.2, 0.25) is 0 Å². The number of hydrogen-bond donors (Lipinski definition) is 2. The molecule has 1 atom stereocenters. The summed E-state index contributed by atoms with van der Waals surface area (Å²) in [4.78, 5) is 29.1. The minimum Gasteiger partial charge on any atom is -0.507 e. The van der Waals surface area contributed by atoms with Gasteiger partial charge in [0.1, 0.15) is 22.8 Å². The molecule has 0 aliphatic carbocycles. The maximum Gasteiger partial charge on any atom is 0.336 e. The summed E-state index contributed by atoms with van der Waals surface area (Å²) < 4.78 is 28.0. The number of phenolic OH excluding ortho intramolecular Hbond substituents is 1. The minimum absolute atomic E-state index is 0.105. The number of rotatable bonds is 7. The molecule has 0 fully saturated rings. The van der Waals surface area contributed by atoms with Crippen LogP contribution in [0.15, 0.2) is 68.1 Å². The van der Waals surface area contributed by atoms with Gasteiger partial charge in [0.15, 0.2) is 11.5 Å². The molecule has 206 valence electrons. The molecule has 0 aliphatic heterocycles. The van der Waals surface area contributed by atoms with E-state index in [2.05, 4.69) is 4.98 Å². The van der Waals surface area contributed by atoms with Crippen molar-refractivity contribution in [1.82, 2.24) is 4.98 Å². The normalized spacial score (nSPS) is 11.9. The molecule has 9 nitrogen and oxygen atoms in total. The number of benzene rings is 3. The fraction of sp³-hybridized carbons (Fsp3) is 0.226. The van der Waals surface area contributed by atoms with Crippen molar-refractivity contribution in [3.63, 3.8) is 0 Å². The van der Waals surface area contributed by atoms with Crippen molar-refractivity contribution in [2.24, 2.45) is 0 Å². The molecule has 5 rings (SSSR count). The van der Waals surface area contributed by atoms with Crippen molar-refractivity contribution in [1.29, 1.82) is 0 Å². The largest absolute Gasteiger partial charge is 0.507 e. The van der Waals surface area contributed by atoms with Crippen LogP contribution < -0.4 is 30.0 Å². The number of ether oxygens (including phenoxy) is 4. The predicted molar refractivity (Wildman–Crippen MR) is 154 cm³/mol. The van der Waals surface area contributed by atoms with Crippen LogP contribution in [-0.2, 0) is 0 Å². The Labute approximate surface area is 229 Å². The molecule has 0 spiro atoms. The zero-order chi connectivity index (χ0) is 28.7. The number of allylic oxidation sites excluding steroid dienone is 2. The monoisotopic (exact) mass is 543 g/mol. The molecule has 2 heterocycles. The molecule has 0 radical (unpaired) electrons. The van der Waals surface area contributed by atoms with E-state index < -0.39 is 11.5 Å². The summed E-state index contributed by atoms with van der Waals surface area (Å²) in [6, 6.07) is 11.3. The zero-order valence-electron chi connectivity index (χ0n) is 23.0. The van der Waals surface area contributed by atoms with Crippen LogP contribution in [0.1, 0.15) is 30.9 Å². The number of pyridine rings is 1. The first-order valence-electron chi connectivity index (χ1n) is 12.5. The van der Waals surface area contributed by atoms with Gasteiger partial charge in [-0.3, -0.25) is 4.79 Å². The van der Waals surface area contributed by atoms with Crippen LogP contribution in [0.25, 0.3) is 32.8 Å². The number of methoxy groups -OCH3 is 4. The summed E-state index contributed by atoms with van der Waals surface area (Å²) >= 11 is 0. The van der Waals surface area contributed by atoms with E-state index in [9.17, 15) is 14.7 Å². The van der Waals surface area contributed by atoms with Gasteiger partial charge in [-0.25, -0.2) is 4.79 Å². The smallest absolute Gasteiger partial charge is 0.336 e. The number of aromatic hydroxyl groups is 1. The van der Waals surface area contributed by atoms with E-state index in [0.29, 0.717) is 56.0 Å². The molecular formula is C31H29NO8. The Hall–Kier alpha value is -4.92. The summed E-state index contributed by atoms with van der Waals surface area (Å²) in [5, 5.41) is 12.2. The van der Waals surface area contributed by atoms with Gasteiger partial charge < -0.3 is 33.5 Å². The van der Waals surface area contributed by atoms with Crippen molar-refractivity contribution in [2.45, 2.75) is 19.8 Å². The standard InChI is InChI=1S/C31H29NO8/c1-15(2)11-19(18-12-16-7-10-25(34)40-22(16)14-23(18)37-4)26-24(38-5)13-20(33)27-29(26)32-28-17(30(27)35)8-9-21(36-3)31(28)39-6/h7-14,19,33H,1-6H3,(H,32,35). The third-order valence-electron chi connectivity index (χ3n) is 6.91. The van der Waals surface area contributed by atoms with E-state index >= 15 is 0 Å². The van der Waals surface area contributed by atoms with Crippen LogP contribution in [0.4, 0.5) is 0 Å². The third kappa shape index (κ3) is 4.29. The average Bonchev–Trinajstić information content (AvgIpc) is 2.94. The number of phenols is 1. The quantitative estimate of drug-likeness (QED) is 0.154. The molecule has 0 aliphatic rings. The molecule has 0 saturated carbocycles. The lowest BCUT2D eigenvalue weighted by Gasteiger charge is -2.23. The van der Waals surface area contributed by atoms with Crippen molar-refractivity contribution in [3.05, 3.63) is 85.9 Å². The lowest BCUT2D eigenvalue weighted by molar-refractivity contribution is 0.358. The molecule has 2 N–H and O–H groups in total. The summed E-state index contributed by atoms with van der Waals surface area (Å²) in [5.41, 5.74) is 2.61. The van der Waals surface area contributed by atoms with E-state index in [1.54, 1.807) is 24.3 Å². The van der Waals surface area contributed by atoms with Crippen LogP contribution >= 0.6 is 0 Å². The number of H-pyrrole nitrogens is 1. The van der Waals surface area contributed by atoms with Gasteiger partial charge in [-0.05, 0) is 38.1 Å². The zero-order valence-corrected chi connectivity index (χ0v) is 23.0. The van der Waals surface area contributed by atoms with E-state index in [1.807, 2.05) is 26.0 Å². The molecule has 0 bridgehead atoms. The lowest BCUT2D eigenvalue weighted by atomic mass is 9.85. The molecule has 0 amide bonds. The first kappa shape index (κ1) is 26.7. The van der Waals surface area contributed by atoms with Gasteiger partial charge in [-0.2, -0.15) is 0 Å². The van der Waals surface area contributed by atoms with Crippen molar-refractivity contribution < 1.29 is 28.5 Å². The van der Waals surface area contributed by atoms with Crippen LogP contribution in [0, 0.1) is 0 Å². The Bertz CT molecular complexity index is 1930. The molecule has 9 heteroatoms. The number of nitrogens with one attached hydrogen (secondary N) is 1. The fourth-order valence-corrected chi connectivity index (χ4v) is 5.19. The SMILES string of the molecule is COc1cc2oc(=O)ccc2cc1C(C=C(C)C)c1c(OC)cc(O)c2c(=O)c3ccc(OC)c(OC)c3[nH]c12. The van der Waals surface area contributed by atoms with Crippen molar-refractivity contribution >= 4 is 32.8 Å². The topological polar surface area (TPSA) is 120 Å². The Balaban J connectivity index is 1.97. The molecule has 1 unspecified atom stereocenters. The molecule has 2 aromatic heterocycles. The van der Waals surface area contributed by atoms with Crippen molar-refractivity contribution in [3.8, 4) is 28.7 Å². The van der Waals surface area contributed by atoms with Gasteiger partial charge in [0, 0.05) is 40.6 Å². The number of fused-ring (bicyclic) bond motifs is 3. The van der Waals surface area contributed by atoms with E-state index in [1.165, 1.54) is 40.6 Å². The highest BCUT2D eigenvalue weighted by atomic mass is 16.5. The summed E-state index contributed by atoms with van der Waals surface area (Å²) in [6.45, 7) is 3.92. The van der Waals surface area contributed by atoms with Gasteiger partial charge in [-0.15, -0.1) is 0 Å². The molecule has 0 saturated heterocycles. The van der Waals surface area contributed by atoms with E-state index in [4.69, 9.17) is 23.4 Å². The second-order valence-electron chi connectivity index (χ2n) is 9.55.